The predicted octanol–water partition coefficient (Wildman–Crippen LogP) is 1.99. The van der Waals surface area contributed by atoms with E-state index >= 15 is 0 Å². The van der Waals surface area contributed by atoms with Gasteiger partial charge in [-0.15, -0.1) is 0 Å². The van der Waals surface area contributed by atoms with Crippen molar-refractivity contribution >= 4 is 0 Å². The molecule has 3 nitrogen and oxygen atoms in total. The minimum absolute atomic E-state index is 0.0816. The summed E-state index contributed by atoms with van der Waals surface area (Å²) in [6.07, 6.45) is 2.30. The van der Waals surface area contributed by atoms with E-state index < -0.39 is 17.7 Å². The number of nitrogens with zero attached hydrogens (tertiary/aromatic N) is 2. The average Bonchev–Trinajstić information content (AvgIpc) is 2.79. The first kappa shape index (κ1) is 15.4. The van der Waals surface area contributed by atoms with Gasteiger partial charge < -0.3 is 10.6 Å². The Bertz CT molecular complexity index is 432. The van der Waals surface area contributed by atoms with Crippen molar-refractivity contribution in [2.75, 3.05) is 33.7 Å². The fraction of sp³-hybridized carbons (Fsp3) is 0.600. The van der Waals surface area contributed by atoms with Crippen LogP contribution in [0.3, 0.4) is 0 Å². The third kappa shape index (κ3) is 3.16. The molecule has 112 valence electrons. The standard InChI is InChI=1S/C15H23F2N3/c1-19-8-4-5-11(19)10-20(2)14(9-18)15-12(16)6-3-7-13(15)17/h3,6-7,11,14H,4-5,8-10,18H2,1-2H3. The van der Waals surface area contributed by atoms with Gasteiger partial charge in [0.1, 0.15) is 11.6 Å². The summed E-state index contributed by atoms with van der Waals surface area (Å²) in [5, 5.41) is 0. The smallest absolute Gasteiger partial charge is 0.130 e. The molecule has 1 heterocycles. The second-order valence-electron chi connectivity index (χ2n) is 5.60. The molecule has 1 aliphatic rings. The Hall–Kier alpha value is -1.04. The van der Waals surface area contributed by atoms with Crippen molar-refractivity contribution in [2.45, 2.75) is 24.9 Å². The predicted molar refractivity (Wildman–Crippen MR) is 76.4 cm³/mol. The topological polar surface area (TPSA) is 32.5 Å². The molecule has 1 aromatic carbocycles. The quantitative estimate of drug-likeness (QED) is 0.897. The second kappa shape index (κ2) is 6.61. The highest BCUT2D eigenvalue weighted by molar-refractivity contribution is 5.23. The fourth-order valence-corrected chi connectivity index (χ4v) is 3.02. The van der Waals surface area contributed by atoms with Crippen LogP contribution in [0.25, 0.3) is 0 Å². The third-order valence-corrected chi connectivity index (χ3v) is 4.26. The second-order valence-corrected chi connectivity index (χ2v) is 5.60. The summed E-state index contributed by atoms with van der Waals surface area (Å²) in [5.41, 5.74) is 5.85. The van der Waals surface area contributed by atoms with Gasteiger partial charge in [0.2, 0.25) is 0 Å². The van der Waals surface area contributed by atoms with Gasteiger partial charge in [-0.1, -0.05) is 6.07 Å². The molecule has 2 N–H and O–H groups in total. The van der Waals surface area contributed by atoms with Crippen LogP contribution in [0.15, 0.2) is 18.2 Å². The molecular formula is C15H23F2N3. The van der Waals surface area contributed by atoms with Crippen molar-refractivity contribution in [3.05, 3.63) is 35.4 Å². The maximum atomic E-state index is 13.9. The SMILES string of the molecule is CN1CCCC1CN(C)C(CN)c1c(F)cccc1F. The summed E-state index contributed by atoms with van der Waals surface area (Å²) in [6.45, 7) is 2.05. The maximum Gasteiger partial charge on any atom is 0.130 e. The van der Waals surface area contributed by atoms with Gasteiger partial charge in [0.15, 0.2) is 0 Å². The van der Waals surface area contributed by atoms with Gasteiger partial charge in [-0.2, -0.15) is 0 Å². The van der Waals surface area contributed by atoms with E-state index in [-0.39, 0.29) is 12.1 Å². The lowest BCUT2D eigenvalue weighted by atomic mass is 10.0. The number of hydrogen-bond donors (Lipinski definition) is 1. The molecule has 1 aliphatic heterocycles. The molecule has 0 radical (unpaired) electrons. The van der Waals surface area contributed by atoms with Gasteiger partial charge in [-0.25, -0.2) is 8.78 Å². The fourth-order valence-electron chi connectivity index (χ4n) is 3.02. The number of hydrogen-bond acceptors (Lipinski definition) is 3. The van der Waals surface area contributed by atoms with Crippen LogP contribution in [0.2, 0.25) is 0 Å². The molecule has 0 saturated carbocycles. The monoisotopic (exact) mass is 283 g/mol. The van der Waals surface area contributed by atoms with Crippen LogP contribution >= 0.6 is 0 Å². The molecule has 0 amide bonds. The molecule has 0 aliphatic carbocycles. The van der Waals surface area contributed by atoms with Crippen LogP contribution in [-0.4, -0.2) is 49.6 Å². The first-order valence-corrected chi connectivity index (χ1v) is 7.09. The van der Waals surface area contributed by atoms with Crippen molar-refractivity contribution in [3.8, 4) is 0 Å². The van der Waals surface area contributed by atoms with Crippen LogP contribution < -0.4 is 5.73 Å². The Morgan fingerprint density at radius 2 is 2.05 bits per heavy atom. The minimum atomic E-state index is -0.521. The summed E-state index contributed by atoms with van der Waals surface area (Å²) in [7, 11) is 3.97. The molecule has 2 unspecified atom stereocenters. The van der Waals surface area contributed by atoms with E-state index in [1.165, 1.54) is 24.6 Å². The van der Waals surface area contributed by atoms with Crippen LogP contribution in [0.4, 0.5) is 8.78 Å². The van der Waals surface area contributed by atoms with Crippen molar-refractivity contribution in [1.29, 1.82) is 0 Å². The Labute approximate surface area is 119 Å². The van der Waals surface area contributed by atoms with E-state index in [0.29, 0.717) is 6.04 Å². The number of nitrogens with two attached hydrogens (primary N) is 1. The highest BCUT2D eigenvalue weighted by Crippen LogP contribution is 2.26. The van der Waals surface area contributed by atoms with Crippen LogP contribution in [-0.2, 0) is 0 Å². The number of benzene rings is 1. The molecule has 2 rings (SSSR count). The zero-order chi connectivity index (χ0) is 14.7. The van der Waals surface area contributed by atoms with E-state index in [2.05, 4.69) is 11.9 Å². The van der Waals surface area contributed by atoms with E-state index in [9.17, 15) is 8.78 Å². The summed E-state index contributed by atoms with van der Waals surface area (Å²) in [6, 6.07) is 3.97. The first-order chi connectivity index (χ1) is 9.54. The van der Waals surface area contributed by atoms with Gasteiger partial charge in [0.25, 0.3) is 0 Å². The van der Waals surface area contributed by atoms with E-state index in [0.717, 1.165) is 19.5 Å². The summed E-state index contributed by atoms with van der Waals surface area (Å²) >= 11 is 0. The molecule has 0 aromatic heterocycles. The lowest BCUT2D eigenvalue weighted by Crippen LogP contribution is -2.41. The molecule has 5 heteroatoms. The van der Waals surface area contributed by atoms with Gasteiger partial charge in [-0.3, -0.25) is 4.90 Å². The van der Waals surface area contributed by atoms with Gasteiger partial charge in [0.05, 0.1) is 6.04 Å². The van der Waals surface area contributed by atoms with Crippen LogP contribution in [0.1, 0.15) is 24.4 Å². The highest BCUT2D eigenvalue weighted by atomic mass is 19.1. The molecule has 20 heavy (non-hydrogen) atoms. The van der Waals surface area contributed by atoms with Crippen molar-refractivity contribution in [2.24, 2.45) is 5.73 Å². The lowest BCUT2D eigenvalue weighted by Gasteiger charge is -2.32. The Morgan fingerprint density at radius 3 is 2.55 bits per heavy atom. The molecular weight excluding hydrogens is 260 g/mol. The summed E-state index contributed by atoms with van der Waals surface area (Å²) < 4.78 is 27.8. The van der Waals surface area contributed by atoms with Gasteiger partial charge in [0, 0.05) is 24.7 Å². The minimum Gasteiger partial charge on any atom is -0.329 e. The zero-order valence-electron chi connectivity index (χ0n) is 12.1. The van der Waals surface area contributed by atoms with E-state index in [1.807, 2.05) is 11.9 Å². The normalized spacial score (nSPS) is 21.6. The average molecular weight is 283 g/mol. The molecule has 1 fully saturated rings. The van der Waals surface area contributed by atoms with Crippen molar-refractivity contribution in [1.82, 2.24) is 9.80 Å². The lowest BCUT2D eigenvalue weighted by molar-refractivity contribution is 0.174. The zero-order valence-corrected chi connectivity index (χ0v) is 12.1. The Balaban J connectivity index is 2.15. The first-order valence-electron chi connectivity index (χ1n) is 7.09. The number of likely N-dealkylation sites (tertiary alicyclic amines) is 1. The van der Waals surface area contributed by atoms with Crippen molar-refractivity contribution < 1.29 is 8.78 Å². The number of rotatable bonds is 5. The molecule has 2 atom stereocenters. The molecule has 0 spiro atoms. The number of halogens is 2. The molecule has 1 saturated heterocycles. The Kier molecular flexibility index (Phi) is 5.07. The van der Waals surface area contributed by atoms with Crippen molar-refractivity contribution in [3.63, 3.8) is 0 Å². The maximum absolute atomic E-state index is 13.9. The largest absolute Gasteiger partial charge is 0.329 e. The molecule has 1 aromatic rings. The van der Waals surface area contributed by atoms with E-state index in [1.54, 1.807) is 0 Å². The summed E-state index contributed by atoms with van der Waals surface area (Å²) in [4.78, 5) is 4.26. The van der Waals surface area contributed by atoms with E-state index in [4.69, 9.17) is 5.73 Å². The summed E-state index contributed by atoms with van der Waals surface area (Å²) in [5.74, 6) is -1.04. The van der Waals surface area contributed by atoms with Crippen LogP contribution in [0, 0.1) is 11.6 Å². The van der Waals surface area contributed by atoms with Gasteiger partial charge in [-0.05, 0) is 45.6 Å². The third-order valence-electron chi connectivity index (χ3n) is 4.26. The number of likely N-dealkylation sites (N-methyl/N-ethyl adjacent to an activating group) is 2. The molecule has 0 bridgehead atoms. The highest BCUT2D eigenvalue weighted by Gasteiger charge is 2.27. The van der Waals surface area contributed by atoms with Gasteiger partial charge >= 0.3 is 0 Å². The van der Waals surface area contributed by atoms with Crippen LogP contribution in [0.5, 0.6) is 0 Å². The Morgan fingerprint density at radius 1 is 1.40 bits per heavy atom.